The van der Waals surface area contributed by atoms with E-state index in [1.54, 1.807) is 6.92 Å². The van der Waals surface area contributed by atoms with Crippen LogP contribution in [0, 0.1) is 0 Å². The zero-order valence-electron chi connectivity index (χ0n) is 29.4. The molecule has 5 nitrogen and oxygen atoms in total. The fourth-order valence-corrected chi connectivity index (χ4v) is 5.22. The number of aliphatic imine (C=N–C) groups is 1. The minimum Gasteiger partial charge on any atom is -0.507 e. The van der Waals surface area contributed by atoms with Gasteiger partial charge in [-0.05, 0) is 84.2 Å². The highest BCUT2D eigenvalue weighted by Gasteiger charge is 2.44. The van der Waals surface area contributed by atoms with E-state index in [1.165, 1.54) is 6.21 Å². The van der Waals surface area contributed by atoms with Crippen molar-refractivity contribution < 1.29 is 32.9 Å². The average Bonchev–Trinajstić information content (AvgIpc) is 2.99. The minimum absolute atomic E-state index is 0.111. The summed E-state index contributed by atoms with van der Waals surface area (Å²) in [6.07, 6.45) is 0.0575. The Hall–Kier alpha value is -3.52. The second-order valence-electron chi connectivity index (χ2n) is 14.3. The monoisotopic (exact) mass is 655 g/mol. The van der Waals surface area contributed by atoms with Crippen LogP contribution in [0.25, 0.3) is 0 Å². The molecule has 0 radical (unpaired) electrons. The first-order valence-corrected chi connectivity index (χ1v) is 16.5. The third kappa shape index (κ3) is 9.31. The molecule has 0 saturated heterocycles. The molecule has 0 aromatic heterocycles. The van der Waals surface area contributed by atoms with Gasteiger partial charge in [0.15, 0.2) is 0 Å². The molecule has 0 aliphatic heterocycles. The Kier molecular flexibility index (Phi) is 12.2. The SMILES string of the molecule is CCCCOc1ccc(C(C)(C)C)cc1C(O)(c1cc(C(C)(C)C)ccc1OCCCC)[C@@H](C)N=Cc1cc(C(F)(F)F)ccc1O. The van der Waals surface area contributed by atoms with Crippen LogP contribution in [0.1, 0.15) is 121 Å². The van der Waals surface area contributed by atoms with Gasteiger partial charge < -0.3 is 19.7 Å². The predicted molar refractivity (Wildman–Crippen MR) is 184 cm³/mol. The fraction of sp³-hybridized carbons (Fsp3) is 0.513. The van der Waals surface area contributed by atoms with E-state index in [2.05, 4.69) is 60.4 Å². The number of benzene rings is 3. The Morgan fingerprint density at radius 3 is 1.57 bits per heavy atom. The summed E-state index contributed by atoms with van der Waals surface area (Å²) in [6.45, 7) is 19.2. The van der Waals surface area contributed by atoms with Gasteiger partial charge in [0.05, 0.1) is 24.8 Å². The first kappa shape index (κ1) is 37.9. The van der Waals surface area contributed by atoms with E-state index in [9.17, 15) is 23.4 Å². The highest BCUT2D eigenvalue weighted by Crippen LogP contribution is 2.46. The van der Waals surface area contributed by atoms with Crippen LogP contribution in [-0.2, 0) is 22.6 Å². The molecule has 0 bridgehead atoms. The second kappa shape index (κ2) is 15.1. The van der Waals surface area contributed by atoms with Gasteiger partial charge in [-0.25, -0.2) is 0 Å². The molecule has 0 aliphatic rings. The van der Waals surface area contributed by atoms with Crippen molar-refractivity contribution in [1.82, 2.24) is 0 Å². The lowest BCUT2D eigenvalue weighted by Gasteiger charge is -2.37. The van der Waals surface area contributed by atoms with Gasteiger partial charge >= 0.3 is 6.18 Å². The molecule has 1 atom stereocenters. The number of phenolic OH excluding ortho intramolecular Hbond substituents is 1. The molecule has 0 amide bonds. The summed E-state index contributed by atoms with van der Waals surface area (Å²) in [5.41, 5.74) is -0.561. The van der Waals surface area contributed by atoms with Crippen molar-refractivity contribution >= 4 is 6.21 Å². The number of alkyl halides is 3. The lowest BCUT2D eigenvalue weighted by Crippen LogP contribution is -2.39. The topological polar surface area (TPSA) is 71.3 Å². The van der Waals surface area contributed by atoms with Crippen LogP contribution < -0.4 is 9.47 Å². The van der Waals surface area contributed by atoms with E-state index < -0.39 is 23.4 Å². The van der Waals surface area contributed by atoms with E-state index in [-0.39, 0.29) is 22.1 Å². The molecule has 3 rings (SSSR count). The van der Waals surface area contributed by atoms with Gasteiger partial charge in [-0.15, -0.1) is 0 Å². The quantitative estimate of drug-likeness (QED) is 0.142. The van der Waals surface area contributed by atoms with Gasteiger partial charge in [0.1, 0.15) is 22.8 Å². The maximum Gasteiger partial charge on any atom is 0.416 e. The van der Waals surface area contributed by atoms with Gasteiger partial charge in [-0.2, -0.15) is 13.2 Å². The molecule has 8 heteroatoms. The lowest BCUT2D eigenvalue weighted by atomic mass is 9.75. The van der Waals surface area contributed by atoms with Crippen LogP contribution >= 0.6 is 0 Å². The van der Waals surface area contributed by atoms with Crippen molar-refractivity contribution in [3.8, 4) is 17.2 Å². The summed E-state index contributed by atoms with van der Waals surface area (Å²) in [5.74, 6) is 0.617. The molecule has 3 aromatic carbocycles. The van der Waals surface area contributed by atoms with Gasteiger partial charge in [0.2, 0.25) is 0 Å². The Morgan fingerprint density at radius 2 is 1.17 bits per heavy atom. The molecule has 0 heterocycles. The summed E-state index contributed by atoms with van der Waals surface area (Å²) in [4.78, 5) is 4.65. The van der Waals surface area contributed by atoms with Crippen molar-refractivity contribution in [1.29, 1.82) is 0 Å². The number of rotatable bonds is 13. The number of halogens is 3. The smallest absolute Gasteiger partial charge is 0.416 e. The van der Waals surface area contributed by atoms with Gasteiger partial charge in [-0.1, -0.05) is 80.4 Å². The Balaban J connectivity index is 2.39. The first-order chi connectivity index (χ1) is 21.8. The molecule has 3 aromatic rings. The number of hydrogen-bond acceptors (Lipinski definition) is 5. The third-order valence-electron chi connectivity index (χ3n) is 8.42. The van der Waals surface area contributed by atoms with E-state index in [0.29, 0.717) is 35.8 Å². The van der Waals surface area contributed by atoms with Crippen LogP contribution in [0.15, 0.2) is 59.6 Å². The molecule has 47 heavy (non-hydrogen) atoms. The summed E-state index contributed by atoms with van der Waals surface area (Å²) in [7, 11) is 0. The van der Waals surface area contributed by atoms with Gasteiger partial charge in [0, 0.05) is 22.9 Å². The van der Waals surface area contributed by atoms with E-state index >= 15 is 0 Å². The van der Waals surface area contributed by atoms with E-state index in [4.69, 9.17) is 9.47 Å². The normalized spacial score (nSPS) is 13.6. The highest BCUT2D eigenvalue weighted by atomic mass is 19.4. The standard InChI is InChI=1S/C39H52F3NO4/c1-10-12-20-46-34-18-15-28(36(4,5)6)23-31(34)38(45,26(3)43-25-27-22-30(39(40,41)42)14-17-33(27)44)32-24-29(37(7,8)9)16-19-35(32)47-21-13-11-2/h14-19,22-26,44-45H,10-13,20-21H2,1-9H3/t26-/m1/s1. The third-order valence-corrected chi connectivity index (χ3v) is 8.42. The number of unbranched alkanes of at least 4 members (excludes halogenated alkanes) is 2. The molecule has 0 aliphatic carbocycles. The minimum atomic E-state index is -4.60. The number of ether oxygens (including phenoxy) is 2. The zero-order valence-corrected chi connectivity index (χ0v) is 29.4. The number of phenols is 1. The molecule has 0 fully saturated rings. The van der Waals surface area contributed by atoms with Gasteiger partial charge in [-0.3, -0.25) is 4.99 Å². The number of hydrogen-bond donors (Lipinski definition) is 2. The number of nitrogens with zero attached hydrogens (tertiary/aromatic N) is 1. The first-order valence-electron chi connectivity index (χ1n) is 16.5. The van der Waals surface area contributed by atoms with Crippen LogP contribution in [0.3, 0.4) is 0 Å². The van der Waals surface area contributed by atoms with Crippen LogP contribution in [0.2, 0.25) is 0 Å². The zero-order chi connectivity index (χ0) is 35.2. The summed E-state index contributed by atoms with van der Waals surface area (Å²) < 4.78 is 53.3. The van der Waals surface area contributed by atoms with Crippen LogP contribution in [0.5, 0.6) is 17.2 Å². The molecule has 2 N–H and O–H groups in total. The molecule has 0 spiro atoms. The van der Waals surface area contributed by atoms with Crippen molar-refractivity contribution in [2.24, 2.45) is 4.99 Å². The molecular formula is C39H52F3NO4. The Morgan fingerprint density at radius 1 is 0.723 bits per heavy atom. The van der Waals surface area contributed by atoms with Crippen molar-refractivity contribution in [2.45, 2.75) is 117 Å². The van der Waals surface area contributed by atoms with Crippen LogP contribution in [-0.4, -0.2) is 35.7 Å². The summed E-state index contributed by atoms with van der Waals surface area (Å²) >= 11 is 0. The van der Waals surface area contributed by atoms with Gasteiger partial charge in [0.25, 0.3) is 0 Å². The summed E-state index contributed by atoms with van der Waals surface area (Å²) in [5, 5.41) is 23.8. The highest BCUT2D eigenvalue weighted by molar-refractivity contribution is 5.84. The average molecular weight is 656 g/mol. The van der Waals surface area contributed by atoms with Crippen LogP contribution in [0.4, 0.5) is 13.2 Å². The Bertz CT molecular complexity index is 1440. The number of aromatic hydroxyl groups is 1. The number of aliphatic hydroxyl groups is 1. The van der Waals surface area contributed by atoms with E-state index in [0.717, 1.165) is 55.0 Å². The largest absolute Gasteiger partial charge is 0.507 e. The lowest BCUT2D eigenvalue weighted by molar-refractivity contribution is -0.137. The van der Waals surface area contributed by atoms with Crippen molar-refractivity contribution in [3.63, 3.8) is 0 Å². The molecule has 0 unspecified atom stereocenters. The summed E-state index contributed by atoms with van der Waals surface area (Å²) in [6, 6.07) is 13.3. The predicted octanol–water partition coefficient (Wildman–Crippen LogP) is 10.1. The molecular weight excluding hydrogens is 603 g/mol. The van der Waals surface area contributed by atoms with Crippen molar-refractivity contribution in [2.75, 3.05) is 13.2 Å². The molecule has 258 valence electrons. The van der Waals surface area contributed by atoms with Crippen molar-refractivity contribution in [3.05, 3.63) is 88.0 Å². The maximum absolute atomic E-state index is 13.5. The Labute approximate surface area is 278 Å². The molecule has 0 saturated carbocycles. The second-order valence-corrected chi connectivity index (χ2v) is 14.3. The van der Waals surface area contributed by atoms with E-state index in [1.807, 2.05) is 36.4 Å². The maximum atomic E-state index is 13.5. The fourth-order valence-electron chi connectivity index (χ4n) is 5.22.